The molecule has 0 unspecified atom stereocenters. The van der Waals surface area contributed by atoms with E-state index in [0.29, 0.717) is 11.8 Å². The van der Waals surface area contributed by atoms with Crippen molar-refractivity contribution in [1.82, 2.24) is 4.98 Å². The zero-order chi connectivity index (χ0) is 17.6. The highest BCUT2D eigenvalue weighted by atomic mass is 19.1. The summed E-state index contributed by atoms with van der Waals surface area (Å²) >= 11 is 0. The van der Waals surface area contributed by atoms with Gasteiger partial charge in [-0.2, -0.15) is 0 Å². The van der Waals surface area contributed by atoms with E-state index < -0.39 is 17.5 Å². The van der Waals surface area contributed by atoms with E-state index in [4.69, 9.17) is 4.74 Å². The van der Waals surface area contributed by atoms with Crippen molar-refractivity contribution in [3.05, 3.63) is 48.2 Å². The normalized spacial score (nSPS) is 14.2. The number of carbonyl (C=O) groups is 1. The first-order valence-corrected chi connectivity index (χ1v) is 8.21. The molecule has 2 aromatic rings. The summed E-state index contributed by atoms with van der Waals surface area (Å²) in [5, 5.41) is 2.74. The van der Waals surface area contributed by atoms with Gasteiger partial charge in [-0.3, -0.25) is 4.79 Å². The van der Waals surface area contributed by atoms with Gasteiger partial charge in [-0.25, -0.2) is 13.8 Å². The van der Waals surface area contributed by atoms with Crippen LogP contribution in [0.2, 0.25) is 0 Å². The number of ether oxygens (including phenoxy) is 1. The third-order valence-electron chi connectivity index (χ3n) is 3.97. The van der Waals surface area contributed by atoms with Crippen molar-refractivity contribution in [3.8, 4) is 5.75 Å². The Morgan fingerprint density at radius 3 is 2.76 bits per heavy atom. The van der Waals surface area contributed by atoms with E-state index in [0.717, 1.165) is 43.9 Å². The van der Waals surface area contributed by atoms with Gasteiger partial charge in [0.2, 0.25) is 0 Å². The maximum Gasteiger partial charge on any atom is 0.262 e. The van der Waals surface area contributed by atoms with Gasteiger partial charge < -0.3 is 15.0 Å². The van der Waals surface area contributed by atoms with E-state index in [1.54, 1.807) is 18.3 Å². The summed E-state index contributed by atoms with van der Waals surface area (Å²) in [6.07, 6.45) is 5.07. The van der Waals surface area contributed by atoms with Crippen LogP contribution >= 0.6 is 0 Å². The number of nitrogens with one attached hydrogen (secondary N) is 1. The molecule has 0 atom stereocenters. The zero-order valence-electron chi connectivity index (χ0n) is 13.7. The van der Waals surface area contributed by atoms with Crippen LogP contribution in [0.1, 0.15) is 19.3 Å². The Bertz CT molecular complexity index is 749. The standard InChI is InChI=1S/C18H19F2N3O2/c19-13-6-7-16(14(20)11-13)25-12-17(24)22-15-5-4-8-21-18(15)23-9-2-1-3-10-23/h4-8,11H,1-3,9-10,12H2,(H,22,24). The van der Waals surface area contributed by atoms with E-state index in [-0.39, 0.29) is 12.4 Å². The lowest BCUT2D eigenvalue weighted by molar-refractivity contribution is -0.118. The summed E-state index contributed by atoms with van der Waals surface area (Å²) in [5.74, 6) is -1.42. The van der Waals surface area contributed by atoms with Crippen LogP contribution in [-0.2, 0) is 4.79 Å². The van der Waals surface area contributed by atoms with E-state index in [1.807, 2.05) is 0 Å². The lowest BCUT2D eigenvalue weighted by atomic mass is 10.1. The van der Waals surface area contributed by atoms with Gasteiger partial charge in [0.15, 0.2) is 24.0 Å². The van der Waals surface area contributed by atoms with Crippen LogP contribution in [0, 0.1) is 11.6 Å². The first-order valence-electron chi connectivity index (χ1n) is 8.21. The van der Waals surface area contributed by atoms with Crippen molar-refractivity contribution >= 4 is 17.4 Å². The summed E-state index contributed by atoms with van der Waals surface area (Å²) in [6.45, 7) is 1.42. The molecule has 1 aliphatic heterocycles. The number of nitrogens with zero attached hydrogens (tertiary/aromatic N) is 2. The molecule has 3 rings (SSSR count). The average molecular weight is 347 g/mol. The van der Waals surface area contributed by atoms with E-state index >= 15 is 0 Å². The maximum absolute atomic E-state index is 13.5. The Balaban J connectivity index is 1.63. The second-order valence-corrected chi connectivity index (χ2v) is 5.83. The van der Waals surface area contributed by atoms with Gasteiger partial charge in [-0.1, -0.05) is 0 Å². The van der Waals surface area contributed by atoms with Gasteiger partial charge >= 0.3 is 0 Å². The molecule has 1 fully saturated rings. The number of rotatable bonds is 5. The number of carbonyl (C=O) groups excluding carboxylic acids is 1. The van der Waals surface area contributed by atoms with Gasteiger partial charge in [-0.05, 0) is 43.5 Å². The number of hydrogen-bond acceptors (Lipinski definition) is 4. The van der Waals surface area contributed by atoms with Crippen LogP contribution < -0.4 is 15.0 Å². The zero-order valence-corrected chi connectivity index (χ0v) is 13.7. The third-order valence-corrected chi connectivity index (χ3v) is 3.97. The highest BCUT2D eigenvalue weighted by Crippen LogP contribution is 2.25. The molecule has 1 aliphatic rings. The Kier molecular flexibility index (Phi) is 5.42. The Morgan fingerprint density at radius 2 is 2.00 bits per heavy atom. The monoisotopic (exact) mass is 347 g/mol. The van der Waals surface area contributed by atoms with Crippen molar-refractivity contribution in [3.63, 3.8) is 0 Å². The lowest BCUT2D eigenvalue weighted by Crippen LogP contribution is -2.31. The highest BCUT2D eigenvalue weighted by molar-refractivity contribution is 5.94. The van der Waals surface area contributed by atoms with Crippen LogP contribution in [0.3, 0.4) is 0 Å². The minimum atomic E-state index is -0.844. The number of aromatic nitrogens is 1. The molecule has 0 saturated carbocycles. The van der Waals surface area contributed by atoms with Crippen LogP contribution in [0.15, 0.2) is 36.5 Å². The van der Waals surface area contributed by atoms with Crippen molar-refractivity contribution < 1.29 is 18.3 Å². The average Bonchev–Trinajstić information content (AvgIpc) is 2.62. The first-order chi connectivity index (χ1) is 12.1. The molecule has 1 aromatic heterocycles. The second kappa shape index (κ2) is 7.92. The van der Waals surface area contributed by atoms with Crippen molar-refractivity contribution in [1.29, 1.82) is 0 Å². The van der Waals surface area contributed by atoms with Crippen molar-refractivity contribution in [2.24, 2.45) is 0 Å². The lowest BCUT2D eigenvalue weighted by Gasteiger charge is -2.29. The molecular formula is C18H19F2N3O2. The number of hydrogen-bond donors (Lipinski definition) is 1. The highest BCUT2D eigenvalue weighted by Gasteiger charge is 2.17. The number of halogens is 2. The molecule has 25 heavy (non-hydrogen) atoms. The maximum atomic E-state index is 13.5. The molecule has 1 saturated heterocycles. The number of amides is 1. The molecule has 0 bridgehead atoms. The molecule has 1 amide bonds. The van der Waals surface area contributed by atoms with Crippen LogP contribution in [0.25, 0.3) is 0 Å². The fourth-order valence-corrected chi connectivity index (χ4v) is 2.77. The number of benzene rings is 1. The SMILES string of the molecule is O=C(COc1ccc(F)cc1F)Nc1cccnc1N1CCCCC1. The van der Waals surface area contributed by atoms with Gasteiger partial charge in [0, 0.05) is 25.4 Å². The van der Waals surface area contributed by atoms with E-state index in [9.17, 15) is 13.6 Å². The number of piperidine rings is 1. The van der Waals surface area contributed by atoms with Gasteiger partial charge in [-0.15, -0.1) is 0 Å². The first kappa shape index (κ1) is 17.1. The van der Waals surface area contributed by atoms with Crippen molar-refractivity contribution in [2.75, 3.05) is 29.9 Å². The van der Waals surface area contributed by atoms with Gasteiger partial charge in [0.05, 0.1) is 5.69 Å². The van der Waals surface area contributed by atoms with Crippen LogP contribution in [-0.4, -0.2) is 30.6 Å². The minimum absolute atomic E-state index is 0.168. The molecule has 1 aromatic carbocycles. The predicted octanol–water partition coefficient (Wildman–Crippen LogP) is 3.37. The summed E-state index contributed by atoms with van der Waals surface area (Å²) in [6, 6.07) is 6.45. The Hall–Kier alpha value is -2.70. The molecule has 7 heteroatoms. The quantitative estimate of drug-likeness (QED) is 0.901. The van der Waals surface area contributed by atoms with Gasteiger partial charge in [0.1, 0.15) is 5.82 Å². The number of pyridine rings is 1. The molecule has 0 radical (unpaired) electrons. The van der Waals surface area contributed by atoms with Gasteiger partial charge in [0.25, 0.3) is 5.91 Å². The summed E-state index contributed by atoms with van der Waals surface area (Å²) in [7, 11) is 0. The number of anilines is 2. The fourth-order valence-electron chi connectivity index (χ4n) is 2.77. The third kappa shape index (κ3) is 4.43. The molecule has 1 N–H and O–H groups in total. The van der Waals surface area contributed by atoms with Crippen LogP contribution in [0.4, 0.5) is 20.3 Å². The fraction of sp³-hybridized carbons (Fsp3) is 0.333. The summed E-state index contributed by atoms with van der Waals surface area (Å²) in [4.78, 5) is 18.6. The van der Waals surface area contributed by atoms with E-state index in [2.05, 4.69) is 15.2 Å². The largest absolute Gasteiger partial charge is 0.481 e. The predicted molar refractivity (Wildman–Crippen MR) is 90.8 cm³/mol. The second-order valence-electron chi connectivity index (χ2n) is 5.83. The molecular weight excluding hydrogens is 328 g/mol. The molecule has 2 heterocycles. The van der Waals surface area contributed by atoms with E-state index in [1.165, 1.54) is 6.42 Å². The summed E-state index contributed by atoms with van der Waals surface area (Å²) in [5.41, 5.74) is 0.595. The summed E-state index contributed by atoms with van der Waals surface area (Å²) < 4.78 is 31.5. The Labute approximate surface area is 144 Å². The molecule has 0 spiro atoms. The smallest absolute Gasteiger partial charge is 0.262 e. The molecule has 132 valence electrons. The minimum Gasteiger partial charge on any atom is -0.481 e. The Morgan fingerprint density at radius 1 is 1.20 bits per heavy atom. The van der Waals surface area contributed by atoms with Crippen molar-refractivity contribution in [2.45, 2.75) is 19.3 Å². The molecule has 0 aliphatic carbocycles. The topological polar surface area (TPSA) is 54.5 Å². The van der Waals surface area contributed by atoms with Crippen LogP contribution in [0.5, 0.6) is 5.75 Å². The molecule has 5 nitrogen and oxygen atoms in total.